The highest BCUT2D eigenvalue weighted by atomic mass is 32.2. The van der Waals surface area contributed by atoms with E-state index in [9.17, 15) is 8.42 Å². The molecule has 18 heavy (non-hydrogen) atoms. The third-order valence-corrected chi connectivity index (χ3v) is 5.65. The summed E-state index contributed by atoms with van der Waals surface area (Å²) in [6.07, 6.45) is 3.66. The van der Waals surface area contributed by atoms with Gasteiger partial charge in [0, 0.05) is 24.4 Å². The third kappa shape index (κ3) is 1.84. The fourth-order valence-electron chi connectivity index (χ4n) is 2.39. The van der Waals surface area contributed by atoms with Crippen molar-refractivity contribution in [1.82, 2.24) is 14.6 Å². The van der Waals surface area contributed by atoms with E-state index in [0.29, 0.717) is 35.8 Å². The largest absolute Gasteiger partial charge is 0.399 e. The molecule has 2 aromatic heterocycles. The topological polar surface area (TPSA) is 90.3 Å². The summed E-state index contributed by atoms with van der Waals surface area (Å²) in [6.45, 7) is 0. The van der Waals surface area contributed by atoms with Gasteiger partial charge in [-0.2, -0.15) is 0 Å². The average molecular weight is 266 g/mol. The predicted molar refractivity (Wildman–Crippen MR) is 67.9 cm³/mol. The summed E-state index contributed by atoms with van der Waals surface area (Å²) in [5, 5.41) is 7.75. The maximum atomic E-state index is 11.8. The first-order valence-corrected chi connectivity index (χ1v) is 7.58. The molecule has 96 valence electrons. The number of rotatable bonds is 2. The Morgan fingerprint density at radius 2 is 2.28 bits per heavy atom. The molecule has 0 aromatic carbocycles. The zero-order chi connectivity index (χ0) is 12.8. The van der Waals surface area contributed by atoms with Crippen molar-refractivity contribution < 1.29 is 8.42 Å². The average Bonchev–Trinajstić information content (AvgIpc) is 2.84. The van der Waals surface area contributed by atoms with E-state index in [4.69, 9.17) is 5.73 Å². The minimum Gasteiger partial charge on any atom is -0.399 e. The minimum absolute atomic E-state index is 0.293. The number of aromatic nitrogens is 3. The standard InChI is InChI=1S/C11H14N4O2S/c12-8-3-4-15-10(6-8)13-14-11(15)7-9-2-1-5-18(9,16)17/h3-4,6,9H,1-2,5,7,12H2. The van der Waals surface area contributed by atoms with Crippen molar-refractivity contribution in [2.45, 2.75) is 24.5 Å². The summed E-state index contributed by atoms with van der Waals surface area (Å²) in [4.78, 5) is 0. The summed E-state index contributed by atoms with van der Waals surface area (Å²) in [7, 11) is -2.95. The van der Waals surface area contributed by atoms with Gasteiger partial charge in [-0.3, -0.25) is 4.40 Å². The maximum Gasteiger partial charge on any atom is 0.162 e. The number of nitrogens with zero attached hydrogens (tertiary/aromatic N) is 3. The molecule has 1 aliphatic heterocycles. The first-order valence-electron chi connectivity index (χ1n) is 5.87. The number of fused-ring (bicyclic) bond motifs is 1. The highest BCUT2D eigenvalue weighted by Crippen LogP contribution is 2.23. The van der Waals surface area contributed by atoms with Gasteiger partial charge >= 0.3 is 0 Å². The molecule has 2 aromatic rings. The van der Waals surface area contributed by atoms with Crippen LogP contribution in [0, 0.1) is 0 Å². The fourth-order valence-corrected chi connectivity index (χ4v) is 4.22. The van der Waals surface area contributed by atoms with Crippen molar-refractivity contribution in [2.75, 3.05) is 11.5 Å². The molecule has 3 heterocycles. The van der Waals surface area contributed by atoms with Crippen molar-refractivity contribution >= 4 is 21.2 Å². The molecule has 7 heteroatoms. The monoisotopic (exact) mass is 266 g/mol. The number of nitrogen functional groups attached to an aromatic ring is 1. The van der Waals surface area contributed by atoms with E-state index in [1.807, 2.05) is 0 Å². The van der Waals surface area contributed by atoms with Crippen molar-refractivity contribution in [3.63, 3.8) is 0 Å². The van der Waals surface area contributed by atoms with Gasteiger partial charge in [0.15, 0.2) is 15.5 Å². The van der Waals surface area contributed by atoms with Crippen LogP contribution >= 0.6 is 0 Å². The second kappa shape index (κ2) is 3.94. The molecular weight excluding hydrogens is 252 g/mol. The van der Waals surface area contributed by atoms with Gasteiger partial charge < -0.3 is 5.73 Å². The number of anilines is 1. The Morgan fingerprint density at radius 1 is 1.44 bits per heavy atom. The Bertz CT molecular complexity index is 692. The molecule has 0 aliphatic carbocycles. The van der Waals surface area contributed by atoms with Gasteiger partial charge in [0.1, 0.15) is 5.82 Å². The van der Waals surface area contributed by atoms with Crippen LogP contribution in [0.25, 0.3) is 5.65 Å². The lowest BCUT2D eigenvalue weighted by Crippen LogP contribution is -2.19. The normalized spacial score (nSPS) is 22.6. The maximum absolute atomic E-state index is 11.8. The van der Waals surface area contributed by atoms with E-state index < -0.39 is 9.84 Å². The van der Waals surface area contributed by atoms with Crippen LogP contribution in [-0.4, -0.2) is 34.0 Å². The number of sulfone groups is 1. The highest BCUT2D eigenvalue weighted by molar-refractivity contribution is 7.92. The smallest absolute Gasteiger partial charge is 0.162 e. The summed E-state index contributed by atoms with van der Waals surface area (Å²) in [5.41, 5.74) is 6.94. The molecule has 2 N–H and O–H groups in total. The van der Waals surface area contributed by atoms with Gasteiger partial charge in [0.05, 0.1) is 11.0 Å². The van der Waals surface area contributed by atoms with Crippen LogP contribution in [0.3, 0.4) is 0 Å². The number of pyridine rings is 1. The van der Waals surface area contributed by atoms with Crippen molar-refractivity contribution in [3.05, 3.63) is 24.2 Å². The van der Waals surface area contributed by atoms with Crippen molar-refractivity contribution in [3.8, 4) is 0 Å². The predicted octanol–water partition coefficient (Wildman–Crippen LogP) is 0.431. The van der Waals surface area contributed by atoms with E-state index in [-0.39, 0.29) is 5.25 Å². The Kier molecular flexibility index (Phi) is 2.51. The van der Waals surface area contributed by atoms with E-state index in [1.54, 1.807) is 22.7 Å². The first kappa shape index (κ1) is 11.5. The van der Waals surface area contributed by atoms with E-state index >= 15 is 0 Å². The summed E-state index contributed by atoms with van der Waals surface area (Å²) < 4.78 is 25.4. The molecular formula is C11H14N4O2S. The van der Waals surface area contributed by atoms with Gasteiger partial charge in [-0.25, -0.2) is 8.42 Å². The van der Waals surface area contributed by atoms with Gasteiger partial charge in [0.2, 0.25) is 0 Å². The Balaban J connectivity index is 1.96. The molecule has 3 rings (SSSR count). The molecule has 1 unspecified atom stereocenters. The van der Waals surface area contributed by atoms with Crippen LogP contribution in [0.5, 0.6) is 0 Å². The number of hydrogen-bond donors (Lipinski definition) is 1. The second-order valence-corrected chi connectivity index (χ2v) is 7.04. The van der Waals surface area contributed by atoms with E-state index in [2.05, 4.69) is 10.2 Å². The molecule has 1 atom stereocenters. The van der Waals surface area contributed by atoms with Crippen LogP contribution in [0.1, 0.15) is 18.7 Å². The number of hydrogen-bond acceptors (Lipinski definition) is 5. The van der Waals surface area contributed by atoms with E-state index in [1.165, 1.54) is 0 Å². The zero-order valence-electron chi connectivity index (χ0n) is 9.78. The Morgan fingerprint density at radius 3 is 3.00 bits per heavy atom. The van der Waals surface area contributed by atoms with Gasteiger partial charge in [-0.05, 0) is 18.9 Å². The number of nitrogens with two attached hydrogens (primary N) is 1. The third-order valence-electron chi connectivity index (χ3n) is 3.38. The fraction of sp³-hybridized carbons (Fsp3) is 0.455. The first-order chi connectivity index (χ1) is 8.56. The summed E-state index contributed by atoms with van der Waals surface area (Å²) >= 11 is 0. The summed E-state index contributed by atoms with van der Waals surface area (Å²) in [6, 6.07) is 3.47. The molecule has 0 bridgehead atoms. The highest BCUT2D eigenvalue weighted by Gasteiger charge is 2.32. The molecule has 0 saturated carbocycles. The zero-order valence-corrected chi connectivity index (χ0v) is 10.6. The molecule has 0 radical (unpaired) electrons. The van der Waals surface area contributed by atoms with Crippen LogP contribution in [0.2, 0.25) is 0 Å². The van der Waals surface area contributed by atoms with Crippen molar-refractivity contribution in [2.24, 2.45) is 0 Å². The molecule has 0 amide bonds. The van der Waals surface area contributed by atoms with Crippen LogP contribution < -0.4 is 5.73 Å². The molecule has 0 spiro atoms. The SMILES string of the molecule is Nc1ccn2c(CC3CCCS3(=O)=O)nnc2c1. The molecule has 1 fully saturated rings. The lowest BCUT2D eigenvalue weighted by atomic mass is 10.2. The van der Waals surface area contributed by atoms with Gasteiger partial charge in [-0.15, -0.1) is 10.2 Å². The quantitative estimate of drug-likeness (QED) is 0.851. The van der Waals surface area contributed by atoms with Crippen LogP contribution in [0.15, 0.2) is 18.3 Å². The lowest BCUT2D eigenvalue weighted by Gasteiger charge is -2.07. The second-order valence-electron chi connectivity index (χ2n) is 4.64. The lowest BCUT2D eigenvalue weighted by molar-refractivity contribution is 0.585. The minimum atomic E-state index is -2.95. The van der Waals surface area contributed by atoms with Crippen LogP contribution in [-0.2, 0) is 16.3 Å². The van der Waals surface area contributed by atoms with Crippen LogP contribution in [0.4, 0.5) is 5.69 Å². The molecule has 1 saturated heterocycles. The molecule has 6 nitrogen and oxygen atoms in total. The van der Waals surface area contributed by atoms with E-state index in [0.717, 1.165) is 6.42 Å². The Labute approximate surface area is 105 Å². The van der Waals surface area contributed by atoms with Crippen molar-refractivity contribution in [1.29, 1.82) is 0 Å². The van der Waals surface area contributed by atoms with Gasteiger partial charge in [0.25, 0.3) is 0 Å². The Hall–Kier alpha value is -1.63. The summed E-state index contributed by atoms with van der Waals surface area (Å²) in [5.74, 6) is 0.974. The molecule has 1 aliphatic rings. The van der Waals surface area contributed by atoms with Gasteiger partial charge in [-0.1, -0.05) is 0 Å².